The standard InChI is InChI=1S/C23H21Cl2IN2O3/c1-14-7-8-16(11-18(14)25)28-22(29)13-31-23-19(26)9-15(10-21(23)30-2)12-27-20-6-4-3-5-17(20)24/h3-11,27H,12-13H2,1-2H3,(H,28,29). The third kappa shape index (κ3) is 6.41. The highest BCUT2D eigenvalue weighted by atomic mass is 127. The van der Waals surface area contributed by atoms with E-state index in [-0.39, 0.29) is 12.5 Å². The van der Waals surface area contributed by atoms with E-state index < -0.39 is 0 Å². The zero-order valence-electron chi connectivity index (χ0n) is 17.0. The van der Waals surface area contributed by atoms with Gasteiger partial charge in [0.1, 0.15) is 0 Å². The van der Waals surface area contributed by atoms with Crippen LogP contribution in [0.25, 0.3) is 0 Å². The third-order valence-electron chi connectivity index (χ3n) is 4.45. The monoisotopic (exact) mass is 570 g/mol. The number of rotatable bonds is 8. The van der Waals surface area contributed by atoms with Crippen LogP contribution in [0, 0.1) is 10.5 Å². The molecule has 8 heteroatoms. The van der Waals surface area contributed by atoms with Crippen molar-refractivity contribution in [1.29, 1.82) is 0 Å². The van der Waals surface area contributed by atoms with Crippen LogP contribution in [0.15, 0.2) is 54.6 Å². The van der Waals surface area contributed by atoms with Gasteiger partial charge in [-0.25, -0.2) is 0 Å². The van der Waals surface area contributed by atoms with Crippen molar-refractivity contribution in [3.05, 3.63) is 79.3 Å². The lowest BCUT2D eigenvalue weighted by atomic mass is 10.2. The first-order valence-corrected chi connectivity index (χ1v) is 11.2. The summed E-state index contributed by atoms with van der Waals surface area (Å²) in [5.74, 6) is 0.776. The van der Waals surface area contributed by atoms with Crippen LogP contribution in [0.1, 0.15) is 11.1 Å². The van der Waals surface area contributed by atoms with Crippen molar-refractivity contribution in [1.82, 2.24) is 0 Å². The molecule has 0 aliphatic carbocycles. The molecule has 0 heterocycles. The molecular weight excluding hydrogens is 550 g/mol. The molecule has 162 valence electrons. The second kappa shape index (κ2) is 10.9. The van der Waals surface area contributed by atoms with E-state index in [4.69, 9.17) is 32.7 Å². The number of anilines is 2. The molecule has 2 N–H and O–H groups in total. The van der Waals surface area contributed by atoms with E-state index in [0.717, 1.165) is 20.4 Å². The van der Waals surface area contributed by atoms with Crippen LogP contribution in [-0.4, -0.2) is 19.6 Å². The first-order valence-electron chi connectivity index (χ1n) is 9.41. The number of methoxy groups -OCH3 is 1. The predicted octanol–water partition coefficient (Wildman–Crippen LogP) is 6.54. The molecule has 1 amide bonds. The van der Waals surface area contributed by atoms with Crippen LogP contribution < -0.4 is 20.1 Å². The number of aryl methyl sites for hydroxylation is 1. The van der Waals surface area contributed by atoms with Gasteiger partial charge in [-0.2, -0.15) is 0 Å². The largest absolute Gasteiger partial charge is 0.493 e. The zero-order chi connectivity index (χ0) is 22.4. The summed E-state index contributed by atoms with van der Waals surface area (Å²) < 4.78 is 12.1. The van der Waals surface area contributed by atoms with E-state index in [1.54, 1.807) is 19.2 Å². The molecule has 31 heavy (non-hydrogen) atoms. The normalized spacial score (nSPS) is 10.5. The van der Waals surface area contributed by atoms with Crippen LogP contribution in [0.2, 0.25) is 10.0 Å². The minimum Gasteiger partial charge on any atom is -0.493 e. The Kier molecular flexibility index (Phi) is 8.28. The molecule has 0 aliphatic rings. The topological polar surface area (TPSA) is 59.6 Å². The maximum Gasteiger partial charge on any atom is 0.262 e. The molecule has 3 rings (SSSR count). The van der Waals surface area contributed by atoms with Crippen LogP contribution in [0.4, 0.5) is 11.4 Å². The van der Waals surface area contributed by atoms with Crippen molar-refractivity contribution in [3.63, 3.8) is 0 Å². The SMILES string of the molecule is COc1cc(CNc2ccccc2Cl)cc(I)c1OCC(=O)Nc1ccc(C)c(Cl)c1. The molecule has 0 fully saturated rings. The number of amides is 1. The Morgan fingerprint density at radius 1 is 1.06 bits per heavy atom. The molecule has 0 radical (unpaired) electrons. The van der Waals surface area contributed by atoms with Gasteiger partial charge in [0.15, 0.2) is 18.1 Å². The zero-order valence-corrected chi connectivity index (χ0v) is 20.6. The number of carbonyl (C=O) groups is 1. The lowest BCUT2D eigenvalue weighted by molar-refractivity contribution is -0.118. The summed E-state index contributed by atoms with van der Waals surface area (Å²) in [5, 5.41) is 7.34. The number of ether oxygens (including phenoxy) is 2. The molecule has 3 aromatic carbocycles. The van der Waals surface area contributed by atoms with Gasteiger partial charge < -0.3 is 20.1 Å². The first-order chi connectivity index (χ1) is 14.9. The smallest absolute Gasteiger partial charge is 0.262 e. The summed E-state index contributed by atoms with van der Waals surface area (Å²) in [7, 11) is 1.57. The lowest BCUT2D eigenvalue weighted by Crippen LogP contribution is -2.20. The minimum atomic E-state index is -0.290. The maximum absolute atomic E-state index is 12.3. The Morgan fingerprint density at radius 3 is 2.55 bits per heavy atom. The van der Waals surface area contributed by atoms with E-state index in [9.17, 15) is 4.79 Å². The number of halogens is 3. The highest BCUT2D eigenvalue weighted by molar-refractivity contribution is 14.1. The second-order valence-electron chi connectivity index (χ2n) is 6.74. The predicted molar refractivity (Wildman–Crippen MR) is 135 cm³/mol. The molecule has 0 saturated heterocycles. The highest BCUT2D eigenvalue weighted by Crippen LogP contribution is 2.34. The fourth-order valence-corrected chi connectivity index (χ4v) is 4.03. The molecule has 0 bridgehead atoms. The minimum absolute atomic E-state index is 0.158. The Labute approximate surface area is 205 Å². The Balaban J connectivity index is 1.64. The lowest BCUT2D eigenvalue weighted by Gasteiger charge is -2.15. The number of nitrogens with one attached hydrogen (secondary N) is 2. The average molecular weight is 571 g/mol. The maximum atomic E-state index is 12.3. The Hall–Kier alpha value is -2.16. The van der Waals surface area contributed by atoms with Gasteiger partial charge >= 0.3 is 0 Å². The second-order valence-corrected chi connectivity index (χ2v) is 8.72. The molecule has 0 saturated carbocycles. The van der Waals surface area contributed by atoms with Gasteiger partial charge in [0.05, 0.1) is 21.4 Å². The Morgan fingerprint density at radius 2 is 1.84 bits per heavy atom. The molecule has 0 aliphatic heterocycles. The van der Waals surface area contributed by atoms with Crippen molar-refractivity contribution in [2.75, 3.05) is 24.4 Å². The number of hydrogen-bond donors (Lipinski definition) is 2. The van der Waals surface area contributed by atoms with Gasteiger partial charge in [-0.1, -0.05) is 41.4 Å². The average Bonchev–Trinajstić information content (AvgIpc) is 2.74. The molecular formula is C23H21Cl2IN2O3. The van der Waals surface area contributed by atoms with E-state index in [2.05, 4.69) is 33.2 Å². The van der Waals surface area contributed by atoms with E-state index in [1.807, 2.05) is 49.4 Å². The van der Waals surface area contributed by atoms with Gasteiger partial charge in [-0.3, -0.25) is 4.79 Å². The van der Waals surface area contributed by atoms with Crippen molar-refractivity contribution in [3.8, 4) is 11.5 Å². The van der Waals surface area contributed by atoms with Gasteiger partial charge in [0, 0.05) is 17.3 Å². The fourth-order valence-electron chi connectivity index (χ4n) is 2.82. The summed E-state index contributed by atoms with van der Waals surface area (Å²) in [5.41, 5.74) is 3.41. The van der Waals surface area contributed by atoms with Crippen LogP contribution in [0.3, 0.4) is 0 Å². The third-order valence-corrected chi connectivity index (χ3v) is 5.99. The summed E-state index contributed by atoms with van der Waals surface area (Å²) in [6.45, 7) is 2.30. The van der Waals surface area contributed by atoms with Crippen LogP contribution in [0.5, 0.6) is 11.5 Å². The Bertz CT molecular complexity index is 1090. The molecule has 0 atom stereocenters. The molecule has 0 unspecified atom stereocenters. The van der Waals surface area contributed by atoms with Crippen LogP contribution >= 0.6 is 45.8 Å². The number of benzene rings is 3. The summed E-state index contributed by atoms with van der Waals surface area (Å²) >= 11 is 14.5. The number of hydrogen-bond acceptors (Lipinski definition) is 4. The molecule has 0 spiro atoms. The summed E-state index contributed by atoms with van der Waals surface area (Å²) in [6.07, 6.45) is 0. The van der Waals surface area contributed by atoms with Gasteiger partial charge in [-0.05, 0) is 77.0 Å². The molecule has 5 nitrogen and oxygen atoms in total. The first kappa shape index (κ1) is 23.5. The van der Waals surface area contributed by atoms with Crippen molar-refractivity contribution < 1.29 is 14.3 Å². The fraction of sp³-hybridized carbons (Fsp3) is 0.174. The number of para-hydroxylation sites is 1. The van der Waals surface area contributed by atoms with Gasteiger partial charge in [0.2, 0.25) is 0 Å². The summed E-state index contributed by atoms with van der Waals surface area (Å²) in [6, 6.07) is 16.8. The van der Waals surface area contributed by atoms with E-state index in [1.165, 1.54) is 0 Å². The van der Waals surface area contributed by atoms with E-state index in [0.29, 0.717) is 33.8 Å². The van der Waals surface area contributed by atoms with Gasteiger partial charge in [-0.15, -0.1) is 0 Å². The van der Waals surface area contributed by atoms with E-state index >= 15 is 0 Å². The highest BCUT2D eigenvalue weighted by Gasteiger charge is 2.14. The van der Waals surface area contributed by atoms with Crippen molar-refractivity contribution in [2.24, 2.45) is 0 Å². The molecule has 0 aromatic heterocycles. The van der Waals surface area contributed by atoms with Gasteiger partial charge in [0.25, 0.3) is 5.91 Å². The van der Waals surface area contributed by atoms with Crippen LogP contribution in [-0.2, 0) is 11.3 Å². The number of carbonyl (C=O) groups excluding carboxylic acids is 1. The molecule has 3 aromatic rings. The van der Waals surface area contributed by atoms with Crippen molar-refractivity contribution in [2.45, 2.75) is 13.5 Å². The van der Waals surface area contributed by atoms with Crippen molar-refractivity contribution >= 4 is 63.1 Å². The quantitative estimate of drug-likeness (QED) is 0.302. The summed E-state index contributed by atoms with van der Waals surface area (Å²) in [4.78, 5) is 12.3.